The summed E-state index contributed by atoms with van der Waals surface area (Å²) in [4.78, 5) is 32.8. The third-order valence-corrected chi connectivity index (χ3v) is 6.28. The Morgan fingerprint density at radius 2 is 1.87 bits per heavy atom. The highest BCUT2D eigenvalue weighted by Crippen LogP contribution is 2.39. The van der Waals surface area contributed by atoms with Gasteiger partial charge in [-0.05, 0) is 45.7 Å². The molecule has 3 aliphatic rings. The van der Waals surface area contributed by atoms with E-state index >= 15 is 0 Å². The summed E-state index contributed by atoms with van der Waals surface area (Å²) in [5.41, 5.74) is 3.06. The minimum atomic E-state index is -0.916. The molecule has 2 aliphatic heterocycles. The van der Waals surface area contributed by atoms with E-state index in [0.29, 0.717) is 36.8 Å². The standard InChI is InChI=1S/C22H26N6O3/c1-13-4-8-17(9-5-13)28-14(2)19(24-26-28)20(29)23-16-11-27(12-16)21(30)22(3)10-18(25-31-22)15-6-7-15/h4-5,8-9,15-16H,6-7,10-12H2,1-3H3,(H,23,29). The molecule has 5 rings (SSSR count). The van der Waals surface area contributed by atoms with Gasteiger partial charge in [0.2, 0.25) is 5.60 Å². The Hall–Kier alpha value is -3.23. The zero-order chi connectivity index (χ0) is 21.8. The Labute approximate surface area is 180 Å². The lowest BCUT2D eigenvalue weighted by Crippen LogP contribution is -2.64. The van der Waals surface area contributed by atoms with Gasteiger partial charge in [-0.1, -0.05) is 28.1 Å². The zero-order valence-electron chi connectivity index (χ0n) is 18.0. The Morgan fingerprint density at radius 3 is 2.55 bits per heavy atom. The van der Waals surface area contributed by atoms with Crippen molar-refractivity contribution in [1.29, 1.82) is 0 Å². The van der Waals surface area contributed by atoms with Crippen molar-refractivity contribution in [3.8, 4) is 5.69 Å². The third-order valence-electron chi connectivity index (χ3n) is 6.28. The molecule has 1 aliphatic carbocycles. The number of likely N-dealkylation sites (tertiary alicyclic amines) is 1. The molecule has 1 unspecified atom stereocenters. The monoisotopic (exact) mass is 422 g/mol. The van der Waals surface area contributed by atoms with Crippen LogP contribution in [0.2, 0.25) is 0 Å². The maximum atomic E-state index is 12.9. The first kappa shape index (κ1) is 19.7. The van der Waals surface area contributed by atoms with Crippen molar-refractivity contribution in [2.75, 3.05) is 13.1 Å². The molecule has 0 bridgehead atoms. The molecule has 0 spiro atoms. The molecule has 2 amide bonds. The molecule has 9 nitrogen and oxygen atoms in total. The van der Waals surface area contributed by atoms with E-state index in [1.54, 1.807) is 16.5 Å². The Morgan fingerprint density at radius 1 is 1.16 bits per heavy atom. The topological polar surface area (TPSA) is 102 Å². The van der Waals surface area contributed by atoms with Gasteiger partial charge in [-0.2, -0.15) is 0 Å². The lowest BCUT2D eigenvalue weighted by molar-refractivity contribution is -0.158. The molecule has 1 aromatic heterocycles. The molecule has 3 heterocycles. The molecule has 0 radical (unpaired) electrons. The number of carbonyl (C=O) groups excluding carboxylic acids is 2. The minimum Gasteiger partial charge on any atom is -0.379 e. The Balaban J connectivity index is 1.17. The van der Waals surface area contributed by atoms with Gasteiger partial charge in [0.25, 0.3) is 11.8 Å². The van der Waals surface area contributed by atoms with Crippen molar-refractivity contribution < 1.29 is 14.4 Å². The van der Waals surface area contributed by atoms with Crippen molar-refractivity contribution in [3.05, 3.63) is 41.2 Å². The molecule has 9 heteroatoms. The fourth-order valence-corrected chi connectivity index (χ4v) is 4.11. The van der Waals surface area contributed by atoms with Crippen molar-refractivity contribution in [2.24, 2.45) is 11.1 Å². The lowest BCUT2D eigenvalue weighted by atomic mass is 9.94. The second-order valence-electron chi connectivity index (χ2n) is 9.01. The Bertz CT molecular complexity index is 1070. The number of aryl methyl sites for hydroxylation is 1. The van der Waals surface area contributed by atoms with Crippen molar-refractivity contribution in [1.82, 2.24) is 25.2 Å². The van der Waals surface area contributed by atoms with Crippen LogP contribution in [0.1, 0.15) is 47.9 Å². The van der Waals surface area contributed by atoms with Gasteiger partial charge in [-0.15, -0.1) is 5.10 Å². The van der Waals surface area contributed by atoms with Crippen molar-refractivity contribution in [3.63, 3.8) is 0 Å². The molecule has 1 atom stereocenters. The van der Waals surface area contributed by atoms with Gasteiger partial charge in [0, 0.05) is 25.4 Å². The molecular weight excluding hydrogens is 396 g/mol. The van der Waals surface area contributed by atoms with E-state index in [-0.39, 0.29) is 17.9 Å². The second-order valence-corrected chi connectivity index (χ2v) is 9.01. The smallest absolute Gasteiger partial charge is 0.274 e. The molecule has 2 aromatic rings. The average Bonchev–Trinajstić information content (AvgIpc) is 3.39. The second kappa shape index (κ2) is 7.18. The number of rotatable bonds is 5. The molecule has 1 aromatic carbocycles. The predicted octanol–water partition coefficient (Wildman–Crippen LogP) is 1.77. The van der Waals surface area contributed by atoms with E-state index in [1.807, 2.05) is 38.1 Å². The summed E-state index contributed by atoms with van der Waals surface area (Å²) in [6.45, 7) is 6.54. The maximum Gasteiger partial charge on any atom is 0.274 e. The molecular formula is C22H26N6O3. The fourth-order valence-electron chi connectivity index (χ4n) is 4.11. The zero-order valence-corrected chi connectivity index (χ0v) is 18.0. The van der Waals surface area contributed by atoms with Crippen LogP contribution in [0.3, 0.4) is 0 Å². The highest BCUT2D eigenvalue weighted by molar-refractivity contribution is 5.98. The number of nitrogens with zero attached hydrogens (tertiary/aromatic N) is 5. The summed E-state index contributed by atoms with van der Waals surface area (Å²) in [5, 5.41) is 15.3. The van der Waals surface area contributed by atoms with E-state index in [1.165, 1.54) is 0 Å². The lowest BCUT2D eigenvalue weighted by Gasteiger charge is -2.42. The number of amides is 2. The van der Waals surface area contributed by atoms with Crippen LogP contribution < -0.4 is 5.32 Å². The highest BCUT2D eigenvalue weighted by atomic mass is 16.7. The van der Waals surface area contributed by atoms with Gasteiger partial charge in [-0.25, -0.2) is 4.68 Å². The van der Waals surface area contributed by atoms with Gasteiger partial charge in [0.05, 0.1) is 23.1 Å². The van der Waals surface area contributed by atoms with E-state index in [4.69, 9.17) is 4.84 Å². The number of aromatic nitrogens is 3. The highest BCUT2D eigenvalue weighted by Gasteiger charge is 2.49. The molecule has 1 N–H and O–H groups in total. The summed E-state index contributed by atoms with van der Waals surface area (Å²) < 4.78 is 1.65. The molecule has 162 valence electrons. The number of hydrogen-bond acceptors (Lipinski definition) is 6. The normalized spacial score (nSPS) is 23.2. The average molecular weight is 422 g/mol. The van der Waals surface area contributed by atoms with Crippen LogP contribution in [-0.2, 0) is 9.63 Å². The molecule has 31 heavy (non-hydrogen) atoms. The third kappa shape index (κ3) is 3.58. The number of carbonyl (C=O) groups is 2. The molecule has 2 fully saturated rings. The van der Waals surface area contributed by atoms with Crippen LogP contribution in [0.25, 0.3) is 5.69 Å². The van der Waals surface area contributed by atoms with Crippen LogP contribution in [0, 0.1) is 19.8 Å². The van der Waals surface area contributed by atoms with Gasteiger partial charge >= 0.3 is 0 Å². The first-order chi connectivity index (χ1) is 14.8. The summed E-state index contributed by atoms with van der Waals surface area (Å²) in [7, 11) is 0. The largest absolute Gasteiger partial charge is 0.379 e. The number of oxime groups is 1. The Kier molecular flexibility index (Phi) is 4.56. The number of nitrogens with one attached hydrogen (secondary N) is 1. The quantitative estimate of drug-likeness (QED) is 0.791. The fraction of sp³-hybridized carbons (Fsp3) is 0.500. The van der Waals surface area contributed by atoms with Gasteiger partial charge in [0.1, 0.15) is 0 Å². The number of hydrogen-bond donors (Lipinski definition) is 1. The predicted molar refractivity (Wildman–Crippen MR) is 113 cm³/mol. The van der Waals surface area contributed by atoms with Crippen molar-refractivity contribution >= 4 is 17.5 Å². The van der Waals surface area contributed by atoms with E-state index in [0.717, 1.165) is 29.8 Å². The minimum absolute atomic E-state index is 0.0705. The first-order valence-corrected chi connectivity index (χ1v) is 10.7. The van der Waals surface area contributed by atoms with E-state index < -0.39 is 5.60 Å². The van der Waals surface area contributed by atoms with Crippen LogP contribution in [0.15, 0.2) is 29.4 Å². The van der Waals surface area contributed by atoms with Crippen LogP contribution >= 0.6 is 0 Å². The van der Waals surface area contributed by atoms with Gasteiger partial charge < -0.3 is 15.1 Å². The summed E-state index contributed by atoms with van der Waals surface area (Å²) >= 11 is 0. The van der Waals surface area contributed by atoms with Crippen LogP contribution in [0.4, 0.5) is 0 Å². The van der Waals surface area contributed by atoms with E-state index in [2.05, 4.69) is 20.8 Å². The van der Waals surface area contributed by atoms with Crippen LogP contribution in [-0.4, -0.2) is 62.2 Å². The summed E-state index contributed by atoms with van der Waals surface area (Å²) in [5.74, 6) is 0.143. The summed E-state index contributed by atoms with van der Waals surface area (Å²) in [6.07, 6.45) is 2.84. The first-order valence-electron chi connectivity index (χ1n) is 10.7. The van der Waals surface area contributed by atoms with Gasteiger partial charge in [-0.3, -0.25) is 9.59 Å². The van der Waals surface area contributed by atoms with Gasteiger partial charge in [0.15, 0.2) is 5.69 Å². The maximum absolute atomic E-state index is 12.9. The molecule has 1 saturated carbocycles. The number of benzene rings is 1. The van der Waals surface area contributed by atoms with Crippen LogP contribution in [0.5, 0.6) is 0 Å². The summed E-state index contributed by atoms with van der Waals surface area (Å²) in [6, 6.07) is 7.75. The van der Waals surface area contributed by atoms with E-state index in [9.17, 15) is 9.59 Å². The SMILES string of the molecule is Cc1ccc(-n2nnc(C(=O)NC3CN(C(=O)C4(C)CC(C5CC5)=NO4)C3)c2C)cc1. The van der Waals surface area contributed by atoms with Crippen molar-refractivity contribution in [2.45, 2.75) is 51.7 Å². The molecule has 1 saturated heterocycles.